The molecule has 1 aromatic carbocycles. The summed E-state index contributed by atoms with van der Waals surface area (Å²) in [6.07, 6.45) is 14.7. The van der Waals surface area contributed by atoms with Crippen LogP contribution in [0, 0.1) is 36.5 Å². The second-order valence-electron chi connectivity index (χ2n) is 12.5. The zero-order valence-electron chi connectivity index (χ0n) is 27.7. The average Bonchev–Trinajstić information content (AvgIpc) is 3.05. The molecule has 0 heterocycles. The summed E-state index contributed by atoms with van der Waals surface area (Å²) in [4.78, 5) is 29.4. The molecule has 1 fully saturated rings. The van der Waals surface area contributed by atoms with Crippen molar-refractivity contribution in [2.24, 2.45) is 11.8 Å². The Bertz CT molecular complexity index is 1260. The maximum Gasteiger partial charge on any atom is 0.243 e. The predicted octanol–water partition coefficient (Wildman–Crippen LogP) is 2.16. The molecule has 0 spiro atoms. The largest absolute Gasteiger partial charge is 0.390 e. The van der Waals surface area contributed by atoms with Gasteiger partial charge in [-0.05, 0) is 44.3 Å². The molecule has 1 saturated carbocycles. The Morgan fingerprint density at radius 1 is 1.00 bits per heavy atom. The smallest absolute Gasteiger partial charge is 0.243 e. The highest BCUT2D eigenvalue weighted by molar-refractivity contribution is 7.89. The summed E-state index contributed by atoms with van der Waals surface area (Å²) >= 11 is 0. The Labute approximate surface area is 276 Å². The molecule has 1 aliphatic carbocycles. The SMILES string of the molecule is C#CCC[C@H](O)[C@H](O)[C@H](CC1CCCCC1)NC(=O)[C@H](CC#C)NC(=O)[C@H](Cc1ccccc1)CS(=O)(=O)N(C)CCN(C)CC. The first-order valence-electron chi connectivity index (χ1n) is 16.4. The number of carbonyl (C=O) groups excluding carboxylic acids is 2. The third kappa shape index (κ3) is 13.4. The molecule has 0 aliphatic heterocycles. The number of rotatable bonds is 20. The number of aliphatic hydroxyl groups is 2. The van der Waals surface area contributed by atoms with Crippen LogP contribution >= 0.6 is 0 Å². The minimum absolute atomic E-state index is 0.141. The van der Waals surface area contributed by atoms with Crippen LogP contribution in [0.25, 0.3) is 0 Å². The van der Waals surface area contributed by atoms with Crippen molar-refractivity contribution in [1.29, 1.82) is 0 Å². The van der Waals surface area contributed by atoms with Gasteiger partial charge in [0.1, 0.15) is 12.1 Å². The monoisotopic (exact) mass is 658 g/mol. The van der Waals surface area contributed by atoms with Crippen molar-refractivity contribution in [2.75, 3.05) is 39.5 Å². The summed E-state index contributed by atoms with van der Waals surface area (Å²) in [5.74, 6) is 2.50. The molecule has 0 aromatic heterocycles. The summed E-state index contributed by atoms with van der Waals surface area (Å²) in [5.41, 5.74) is 0.779. The molecular formula is C35H54N4O6S. The fourth-order valence-electron chi connectivity index (χ4n) is 5.75. The number of carbonyl (C=O) groups is 2. The van der Waals surface area contributed by atoms with Crippen LogP contribution in [0.15, 0.2) is 30.3 Å². The molecule has 1 aromatic rings. The van der Waals surface area contributed by atoms with E-state index in [1.807, 2.05) is 49.2 Å². The number of hydrogen-bond acceptors (Lipinski definition) is 7. The van der Waals surface area contributed by atoms with E-state index in [0.29, 0.717) is 13.0 Å². The lowest BCUT2D eigenvalue weighted by atomic mass is 9.82. The number of likely N-dealkylation sites (N-methyl/N-ethyl adjacent to an activating group) is 2. The van der Waals surface area contributed by atoms with Gasteiger partial charge in [0.25, 0.3) is 0 Å². The lowest BCUT2D eigenvalue weighted by Gasteiger charge is -2.33. The van der Waals surface area contributed by atoms with Crippen LogP contribution in [-0.2, 0) is 26.0 Å². The van der Waals surface area contributed by atoms with Gasteiger partial charge in [0.15, 0.2) is 0 Å². The van der Waals surface area contributed by atoms with Gasteiger partial charge >= 0.3 is 0 Å². The van der Waals surface area contributed by atoms with Crippen LogP contribution in [0.4, 0.5) is 0 Å². The van der Waals surface area contributed by atoms with Crippen LogP contribution in [0.5, 0.6) is 0 Å². The molecule has 0 unspecified atom stereocenters. The summed E-state index contributed by atoms with van der Waals surface area (Å²) in [7, 11) is -0.428. The van der Waals surface area contributed by atoms with Crippen molar-refractivity contribution in [2.45, 2.75) is 95.4 Å². The molecular weight excluding hydrogens is 604 g/mol. The topological polar surface area (TPSA) is 139 Å². The number of amides is 2. The molecule has 10 nitrogen and oxygen atoms in total. The fourth-order valence-corrected chi connectivity index (χ4v) is 7.14. The van der Waals surface area contributed by atoms with E-state index in [4.69, 9.17) is 12.8 Å². The number of nitrogens with one attached hydrogen (secondary N) is 2. The second-order valence-corrected chi connectivity index (χ2v) is 14.6. The molecule has 0 saturated heterocycles. The van der Waals surface area contributed by atoms with E-state index in [9.17, 15) is 28.2 Å². The normalized spacial score (nSPS) is 17.3. The van der Waals surface area contributed by atoms with E-state index >= 15 is 0 Å². The molecule has 5 atom stereocenters. The summed E-state index contributed by atoms with van der Waals surface area (Å²) in [5, 5.41) is 27.3. The molecule has 256 valence electrons. The van der Waals surface area contributed by atoms with Crippen molar-refractivity contribution < 1.29 is 28.2 Å². The molecule has 0 radical (unpaired) electrons. The van der Waals surface area contributed by atoms with E-state index in [-0.39, 0.29) is 38.1 Å². The quantitative estimate of drug-likeness (QED) is 0.158. The molecule has 1 aliphatic rings. The molecule has 4 N–H and O–H groups in total. The van der Waals surface area contributed by atoms with Gasteiger partial charge in [0.2, 0.25) is 21.8 Å². The molecule has 46 heavy (non-hydrogen) atoms. The van der Waals surface area contributed by atoms with Crippen molar-refractivity contribution in [3.63, 3.8) is 0 Å². The zero-order valence-corrected chi connectivity index (χ0v) is 28.6. The van der Waals surface area contributed by atoms with E-state index in [1.54, 1.807) is 0 Å². The molecule has 0 bridgehead atoms. The number of sulfonamides is 1. The van der Waals surface area contributed by atoms with Crippen LogP contribution in [-0.4, -0.2) is 103 Å². The van der Waals surface area contributed by atoms with Gasteiger partial charge in [-0.15, -0.1) is 24.7 Å². The van der Waals surface area contributed by atoms with Crippen molar-refractivity contribution in [3.8, 4) is 24.7 Å². The van der Waals surface area contributed by atoms with Gasteiger partial charge in [-0.3, -0.25) is 9.59 Å². The highest BCUT2D eigenvalue weighted by atomic mass is 32.2. The highest BCUT2D eigenvalue weighted by Crippen LogP contribution is 2.29. The van der Waals surface area contributed by atoms with Crippen molar-refractivity contribution in [1.82, 2.24) is 19.8 Å². The van der Waals surface area contributed by atoms with Crippen LogP contribution in [0.3, 0.4) is 0 Å². The standard InChI is InChI=1S/C35H54N4O6S/c1-6-9-21-32(40)33(41)31(25-28-19-14-11-15-20-28)37-35(43)30(16-7-2)36-34(42)29(24-27-17-12-10-13-18-27)26-46(44,45)39(5)23-22-38(4)8-3/h1-2,10,12-13,17-18,28-33,40-41H,8-9,11,14-16,19-26H2,3-5H3,(H,36,42)(H,37,43)/t29-,30+,31+,32+,33-/m1/s1. The minimum Gasteiger partial charge on any atom is -0.390 e. The number of hydrogen-bond donors (Lipinski definition) is 4. The maximum atomic E-state index is 13.8. The van der Waals surface area contributed by atoms with Gasteiger partial charge < -0.3 is 25.7 Å². The Morgan fingerprint density at radius 2 is 1.67 bits per heavy atom. The third-order valence-electron chi connectivity index (χ3n) is 8.90. The van der Waals surface area contributed by atoms with Crippen LogP contribution in [0.2, 0.25) is 0 Å². The number of terminal acetylenes is 2. The Kier molecular flexibility index (Phi) is 17.4. The van der Waals surface area contributed by atoms with E-state index in [1.165, 1.54) is 11.4 Å². The number of benzene rings is 1. The highest BCUT2D eigenvalue weighted by Gasteiger charge is 2.34. The lowest BCUT2D eigenvalue weighted by molar-refractivity contribution is -0.132. The van der Waals surface area contributed by atoms with Gasteiger partial charge in [0.05, 0.1) is 23.8 Å². The van der Waals surface area contributed by atoms with Gasteiger partial charge in [-0.2, -0.15) is 0 Å². The number of aliphatic hydroxyl groups excluding tert-OH is 2. The van der Waals surface area contributed by atoms with Gasteiger partial charge in [-0.1, -0.05) is 69.4 Å². The minimum atomic E-state index is -3.83. The van der Waals surface area contributed by atoms with E-state index in [2.05, 4.69) is 22.5 Å². The second kappa shape index (κ2) is 20.3. The van der Waals surface area contributed by atoms with E-state index < -0.39 is 57.8 Å². The Balaban J connectivity index is 2.26. The Morgan fingerprint density at radius 3 is 2.28 bits per heavy atom. The summed E-state index contributed by atoms with van der Waals surface area (Å²) < 4.78 is 28.0. The maximum absolute atomic E-state index is 13.8. The van der Waals surface area contributed by atoms with Crippen LogP contribution < -0.4 is 10.6 Å². The molecule has 11 heteroatoms. The molecule has 2 rings (SSSR count). The number of nitrogens with zero attached hydrogens (tertiary/aromatic N) is 2. The first-order chi connectivity index (χ1) is 21.9. The average molecular weight is 659 g/mol. The van der Waals surface area contributed by atoms with Crippen molar-refractivity contribution >= 4 is 21.8 Å². The summed E-state index contributed by atoms with van der Waals surface area (Å²) in [6.45, 7) is 3.57. The van der Waals surface area contributed by atoms with E-state index in [0.717, 1.165) is 44.2 Å². The van der Waals surface area contributed by atoms with Crippen molar-refractivity contribution in [3.05, 3.63) is 35.9 Å². The zero-order chi connectivity index (χ0) is 34.1. The summed E-state index contributed by atoms with van der Waals surface area (Å²) in [6, 6.07) is 7.16. The first-order valence-corrected chi connectivity index (χ1v) is 18.0. The predicted molar refractivity (Wildman–Crippen MR) is 182 cm³/mol. The van der Waals surface area contributed by atoms with Gasteiger partial charge in [0, 0.05) is 33.0 Å². The molecule has 2 amide bonds. The lowest BCUT2D eigenvalue weighted by Crippen LogP contribution is -2.56. The third-order valence-corrected chi connectivity index (χ3v) is 10.9. The fraction of sp³-hybridized carbons (Fsp3) is 0.657. The van der Waals surface area contributed by atoms with Gasteiger partial charge in [-0.25, -0.2) is 12.7 Å². The first kappa shape index (κ1) is 39.2. The Hall–Kier alpha value is -2.93. The van der Waals surface area contributed by atoms with Crippen LogP contribution in [0.1, 0.15) is 70.3 Å².